The average Bonchev–Trinajstić information content (AvgIpc) is 3.59. The largest absolute Gasteiger partial charge is 0.347 e. The maximum absolute atomic E-state index is 8.43. The van der Waals surface area contributed by atoms with Crippen LogP contribution in [0.15, 0.2) is 53.7 Å². The van der Waals surface area contributed by atoms with Gasteiger partial charge < -0.3 is 14.4 Å². The summed E-state index contributed by atoms with van der Waals surface area (Å²) in [7, 11) is 2.23. The lowest BCUT2D eigenvalue weighted by Crippen LogP contribution is -2.32. The Balaban J connectivity index is 2.32. The monoisotopic (exact) mass is 753 g/mol. The van der Waals surface area contributed by atoms with Gasteiger partial charge in [0.15, 0.2) is 5.79 Å². The second-order valence-electron chi connectivity index (χ2n) is 16.1. The average molecular weight is 753 g/mol. The summed E-state index contributed by atoms with van der Waals surface area (Å²) < 4.78 is 13.4. The van der Waals surface area contributed by atoms with Gasteiger partial charge in [0.05, 0.1) is 12.7 Å². The molecule has 1 fully saturated rings. The van der Waals surface area contributed by atoms with Crippen LogP contribution in [0.25, 0.3) is 10.4 Å². The number of hydrogen-bond acceptors (Lipinski definition) is 4. The molecule has 0 aromatic carbocycles. The van der Waals surface area contributed by atoms with Gasteiger partial charge in [0.25, 0.3) is 0 Å². The molecule has 0 aromatic heterocycles. The second-order valence-corrected chi connectivity index (χ2v) is 16.1. The molecule has 54 heavy (non-hydrogen) atoms. The predicted octanol–water partition coefficient (Wildman–Crippen LogP) is 15.7. The summed E-state index contributed by atoms with van der Waals surface area (Å²) in [6.07, 6.45) is 57.4. The molecule has 1 aliphatic rings. The number of nitrogens with zero attached hydrogens (tertiary/aromatic N) is 4. The third-order valence-corrected chi connectivity index (χ3v) is 10.9. The Hall–Kier alpha value is -1.85. The number of allylic oxidation sites excluding steroid dienone is 8. The second kappa shape index (κ2) is 39.4. The van der Waals surface area contributed by atoms with E-state index in [1.54, 1.807) is 0 Å². The molecule has 0 aromatic rings. The molecular formula is C48H88N4O2. The van der Waals surface area contributed by atoms with Gasteiger partial charge in [0.1, 0.15) is 0 Å². The molecule has 0 N–H and O–H groups in total. The highest BCUT2D eigenvalue weighted by Gasteiger charge is 2.40. The number of hydrogen-bond donors (Lipinski definition) is 0. The van der Waals surface area contributed by atoms with Crippen LogP contribution in [0.1, 0.15) is 213 Å². The standard InChI is InChI=1S/C48H88N4O2/c1-4-6-8-10-12-14-16-18-20-22-24-26-28-30-32-36-41-48(42-37-33-31-29-27-25-23-21-19-17-15-13-11-9-7-5-2)53-46-47(54-48)40-45-52(3)44-39-35-34-38-43-50-51-49/h12-15,18-21,47H,4-11,16-17,22-46H2,1-3H3/b14-12-,15-13-,20-18-,21-19-. The van der Waals surface area contributed by atoms with E-state index in [4.69, 9.17) is 15.0 Å². The molecule has 0 bridgehead atoms. The molecule has 1 rings (SSSR count). The van der Waals surface area contributed by atoms with E-state index in [1.807, 2.05) is 0 Å². The minimum atomic E-state index is -0.361. The lowest BCUT2D eigenvalue weighted by molar-refractivity contribution is -0.180. The summed E-state index contributed by atoms with van der Waals surface area (Å²) in [5, 5.41) is 3.64. The Labute approximate surface area is 335 Å². The fourth-order valence-corrected chi connectivity index (χ4v) is 7.35. The molecule has 0 aliphatic carbocycles. The molecule has 0 saturated carbocycles. The van der Waals surface area contributed by atoms with Gasteiger partial charge in [-0.3, -0.25) is 0 Å². The van der Waals surface area contributed by atoms with Gasteiger partial charge in [-0.25, -0.2) is 0 Å². The fourth-order valence-electron chi connectivity index (χ4n) is 7.35. The van der Waals surface area contributed by atoms with Gasteiger partial charge in [-0.05, 0) is 115 Å². The number of azide groups is 1. The van der Waals surface area contributed by atoms with Crippen molar-refractivity contribution in [3.05, 3.63) is 59.1 Å². The maximum Gasteiger partial charge on any atom is 0.168 e. The zero-order valence-electron chi connectivity index (χ0n) is 36.1. The minimum absolute atomic E-state index is 0.213. The summed E-state index contributed by atoms with van der Waals surface area (Å²) in [6, 6.07) is 0. The van der Waals surface area contributed by atoms with Crippen molar-refractivity contribution < 1.29 is 9.47 Å². The van der Waals surface area contributed by atoms with Crippen molar-refractivity contribution in [3.63, 3.8) is 0 Å². The molecule has 1 aliphatic heterocycles. The van der Waals surface area contributed by atoms with Crippen molar-refractivity contribution in [1.29, 1.82) is 0 Å². The highest BCUT2D eigenvalue weighted by Crippen LogP contribution is 2.35. The molecule has 1 heterocycles. The number of rotatable bonds is 40. The zero-order chi connectivity index (χ0) is 38.9. The van der Waals surface area contributed by atoms with Crippen LogP contribution in [-0.4, -0.2) is 50.1 Å². The predicted molar refractivity (Wildman–Crippen MR) is 236 cm³/mol. The van der Waals surface area contributed by atoms with Crippen molar-refractivity contribution in [1.82, 2.24) is 4.90 Å². The Morgan fingerprint density at radius 2 is 1.02 bits per heavy atom. The van der Waals surface area contributed by atoms with Crippen LogP contribution in [0, 0.1) is 0 Å². The van der Waals surface area contributed by atoms with Gasteiger partial charge in [0, 0.05) is 30.8 Å². The molecule has 1 saturated heterocycles. The molecule has 1 unspecified atom stereocenters. The van der Waals surface area contributed by atoms with Crippen molar-refractivity contribution in [2.45, 2.75) is 225 Å². The molecular weight excluding hydrogens is 665 g/mol. The zero-order valence-corrected chi connectivity index (χ0v) is 36.1. The van der Waals surface area contributed by atoms with E-state index in [0.717, 1.165) is 64.6 Å². The van der Waals surface area contributed by atoms with Crippen LogP contribution in [0.4, 0.5) is 0 Å². The first kappa shape index (κ1) is 50.2. The smallest absolute Gasteiger partial charge is 0.168 e. The Kier molecular flexibility index (Phi) is 36.6. The first-order valence-electron chi connectivity index (χ1n) is 23.3. The van der Waals surface area contributed by atoms with Crippen LogP contribution in [0.2, 0.25) is 0 Å². The minimum Gasteiger partial charge on any atom is -0.347 e. The molecule has 0 spiro atoms. The van der Waals surface area contributed by atoms with E-state index in [2.05, 4.69) is 84.4 Å². The normalized spacial score (nSPS) is 16.0. The molecule has 0 amide bonds. The van der Waals surface area contributed by atoms with Gasteiger partial charge in [-0.2, -0.15) is 0 Å². The van der Waals surface area contributed by atoms with E-state index in [9.17, 15) is 0 Å². The summed E-state index contributed by atoms with van der Waals surface area (Å²) >= 11 is 0. The van der Waals surface area contributed by atoms with E-state index < -0.39 is 0 Å². The van der Waals surface area contributed by atoms with Crippen LogP contribution < -0.4 is 0 Å². The highest BCUT2D eigenvalue weighted by molar-refractivity contribution is 4.93. The maximum atomic E-state index is 8.43. The molecule has 6 heteroatoms. The fraction of sp³-hybridized carbons (Fsp3) is 0.833. The van der Waals surface area contributed by atoms with E-state index >= 15 is 0 Å². The van der Waals surface area contributed by atoms with E-state index in [1.165, 1.54) is 154 Å². The van der Waals surface area contributed by atoms with Crippen LogP contribution in [-0.2, 0) is 9.47 Å². The van der Waals surface area contributed by atoms with Crippen LogP contribution in [0.5, 0.6) is 0 Å². The Morgan fingerprint density at radius 1 is 0.574 bits per heavy atom. The SMILES string of the molecule is CCCCC/C=C\C/C=C\CCCCCCCCC1(CCCCCCCC/C=C\C/C=C\CCCCC)OCC(CCN(C)CCCCCCN=[N+]=[N-])O1. The molecule has 312 valence electrons. The van der Waals surface area contributed by atoms with Gasteiger partial charge in [-0.15, -0.1) is 0 Å². The quantitative estimate of drug-likeness (QED) is 0.0206. The first-order valence-corrected chi connectivity index (χ1v) is 23.3. The number of unbranched alkanes of at least 4 members (excludes halogenated alkanes) is 21. The summed E-state index contributed by atoms with van der Waals surface area (Å²) in [4.78, 5) is 5.29. The molecule has 1 atom stereocenters. The van der Waals surface area contributed by atoms with E-state index in [0.29, 0.717) is 6.54 Å². The molecule has 6 nitrogen and oxygen atoms in total. The van der Waals surface area contributed by atoms with Crippen molar-refractivity contribution in [2.75, 3.05) is 33.3 Å². The first-order chi connectivity index (χ1) is 26.7. The third-order valence-electron chi connectivity index (χ3n) is 10.9. The third kappa shape index (κ3) is 32.4. The van der Waals surface area contributed by atoms with Gasteiger partial charge in [0.2, 0.25) is 0 Å². The van der Waals surface area contributed by atoms with Gasteiger partial charge in [-0.1, -0.05) is 157 Å². The Morgan fingerprint density at radius 3 is 1.52 bits per heavy atom. The van der Waals surface area contributed by atoms with Crippen molar-refractivity contribution in [2.24, 2.45) is 5.11 Å². The van der Waals surface area contributed by atoms with Crippen LogP contribution >= 0.6 is 0 Å². The lowest BCUT2D eigenvalue weighted by atomic mass is 9.98. The van der Waals surface area contributed by atoms with Gasteiger partial charge >= 0.3 is 0 Å². The summed E-state index contributed by atoms with van der Waals surface area (Å²) in [6.45, 7) is 8.07. The van der Waals surface area contributed by atoms with Crippen molar-refractivity contribution in [3.8, 4) is 0 Å². The highest BCUT2D eigenvalue weighted by atomic mass is 16.7. The van der Waals surface area contributed by atoms with Crippen LogP contribution in [0.3, 0.4) is 0 Å². The lowest BCUT2D eigenvalue weighted by Gasteiger charge is -2.29. The summed E-state index contributed by atoms with van der Waals surface area (Å²) in [5.41, 5.74) is 8.43. The molecule has 0 radical (unpaired) electrons. The number of ether oxygens (including phenoxy) is 2. The summed E-state index contributed by atoms with van der Waals surface area (Å²) in [5.74, 6) is -0.361. The van der Waals surface area contributed by atoms with Crippen molar-refractivity contribution >= 4 is 0 Å². The topological polar surface area (TPSA) is 70.5 Å². The van der Waals surface area contributed by atoms with E-state index in [-0.39, 0.29) is 11.9 Å². The Bertz CT molecular complexity index is 922.